The van der Waals surface area contributed by atoms with Crippen molar-refractivity contribution < 1.29 is 9.47 Å². The number of rotatable bonds is 6. The normalized spacial score (nSPS) is 15.8. The number of benzene rings is 1. The van der Waals surface area contributed by atoms with Crippen molar-refractivity contribution in [2.75, 3.05) is 44.1 Å². The lowest BCUT2D eigenvalue weighted by molar-refractivity contribution is 0.356. The van der Waals surface area contributed by atoms with Gasteiger partial charge in [0.1, 0.15) is 0 Å². The van der Waals surface area contributed by atoms with Crippen molar-refractivity contribution in [1.29, 1.82) is 0 Å². The number of nitrogens with zero attached hydrogens (tertiary/aromatic N) is 3. The Kier molecular flexibility index (Phi) is 4.85. The van der Waals surface area contributed by atoms with Crippen LogP contribution in [-0.4, -0.2) is 43.8 Å². The predicted molar refractivity (Wildman–Crippen MR) is 120 cm³/mol. The van der Waals surface area contributed by atoms with Crippen LogP contribution in [0.1, 0.15) is 23.4 Å². The minimum Gasteiger partial charge on any atom is -0.493 e. The van der Waals surface area contributed by atoms with E-state index in [1.165, 1.54) is 29.1 Å². The molecule has 6 nitrogen and oxygen atoms in total. The second-order valence-electron chi connectivity index (χ2n) is 8.30. The molecule has 156 valence electrons. The van der Waals surface area contributed by atoms with Crippen LogP contribution in [0.3, 0.4) is 0 Å². The van der Waals surface area contributed by atoms with Crippen LogP contribution in [-0.2, 0) is 12.8 Å². The molecule has 0 unspecified atom stereocenters. The Hall–Kier alpha value is -3.02. The highest BCUT2D eigenvalue weighted by Gasteiger charge is 2.28. The first kappa shape index (κ1) is 19.0. The number of nitrogens with one attached hydrogen (secondary N) is 1. The average molecular weight is 405 g/mol. The van der Waals surface area contributed by atoms with Crippen molar-refractivity contribution in [1.82, 2.24) is 9.97 Å². The fourth-order valence-electron chi connectivity index (χ4n) is 4.59. The topological polar surface area (TPSA) is 59.5 Å². The third-order valence-corrected chi connectivity index (χ3v) is 6.30. The predicted octanol–water partition coefficient (Wildman–Crippen LogP) is 3.99. The van der Waals surface area contributed by atoms with E-state index in [2.05, 4.69) is 33.4 Å². The molecule has 5 rings (SSSR count). The second-order valence-corrected chi connectivity index (χ2v) is 8.30. The molecule has 30 heavy (non-hydrogen) atoms. The molecule has 1 N–H and O–H groups in total. The van der Waals surface area contributed by atoms with Crippen LogP contribution >= 0.6 is 0 Å². The van der Waals surface area contributed by atoms with Gasteiger partial charge in [0.15, 0.2) is 11.5 Å². The fraction of sp³-hybridized carbons (Fsp3) is 0.417. The Labute approximate surface area is 177 Å². The molecule has 1 fully saturated rings. The fourth-order valence-corrected chi connectivity index (χ4v) is 4.59. The van der Waals surface area contributed by atoms with Gasteiger partial charge >= 0.3 is 0 Å². The number of hydrogen-bond donors (Lipinski definition) is 1. The zero-order chi connectivity index (χ0) is 20.7. The number of fused-ring (bicyclic) bond motifs is 2. The molecule has 1 aromatic carbocycles. The summed E-state index contributed by atoms with van der Waals surface area (Å²) in [5.41, 5.74) is 7.05. The molecule has 0 amide bonds. The summed E-state index contributed by atoms with van der Waals surface area (Å²) in [6.45, 7) is 5.09. The van der Waals surface area contributed by atoms with Gasteiger partial charge in [0, 0.05) is 54.1 Å². The third kappa shape index (κ3) is 3.30. The molecule has 0 saturated carbocycles. The summed E-state index contributed by atoms with van der Waals surface area (Å²) in [4.78, 5) is 11.7. The van der Waals surface area contributed by atoms with Crippen molar-refractivity contribution in [2.24, 2.45) is 5.92 Å². The van der Waals surface area contributed by atoms with E-state index >= 15 is 0 Å². The average Bonchev–Trinajstić information content (AvgIpc) is 3.20. The number of aromatic nitrogens is 2. The first-order valence-corrected chi connectivity index (χ1v) is 10.6. The lowest BCUT2D eigenvalue weighted by Crippen LogP contribution is -2.49. The van der Waals surface area contributed by atoms with E-state index in [1.54, 1.807) is 14.2 Å². The van der Waals surface area contributed by atoms with E-state index in [1.807, 2.05) is 19.2 Å². The van der Waals surface area contributed by atoms with Crippen LogP contribution in [0.4, 0.5) is 11.4 Å². The standard InChI is InChI=1S/C24H28N4O2/c1-15-7-8-17(12-25-15)28-13-16(14-28)11-26-24-18-5-4-6-20(18)27-21-10-23(30-3)22(29-2)9-19(21)24/h7-10,12,16H,4-6,11,13-14H2,1-3H3,(H,26,27). The highest BCUT2D eigenvalue weighted by Crippen LogP contribution is 2.39. The molecule has 3 aromatic rings. The number of anilines is 2. The highest BCUT2D eigenvalue weighted by molar-refractivity contribution is 5.96. The van der Waals surface area contributed by atoms with Gasteiger partial charge in [-0.3, -0.25) is 9.97 Å². The van der Waals surface area contributed by atoms with Crippen LogP contribution in [0.15, 0.2) is 30.5 Å². The number of pyridine rings is 2. The maximum Gasteiger partial charge on any atom is 0.162 e. The molecule has 0 spiro atoms. The smallest absolute Gasteiger partial charge is 0.162 e. The Morgan fingerprint density at radius 1 is 1.10 bits per heavy atom. The Morgan fingerprint density at radius 3 is 2.63 bits per heavy atom. The molecule has 0 radical (unpaired) electrons. The molecule has 1 saturated heterocycles. The van der Waals surface area contributed by atoms with Crippen LogP contribution in [0, 0.1) is 12.8 Å². The summed E-state index contributed by atoms with van der Waals surface area (Å²) >= 11 is 0. The van der Waals surface area contributed by atoms with E-state index in [9.17, 15) is 0 Å². The first-order chi connectivity index (χ1) is 14.7. The van der Waals surface area contributed by atoms with Crippen molar-refractivity contribution in [2.45, 2.75) is 26.2 Å². The van der Waals surface area contributed by atoms with E-state index in [0.29, 0.717) is 5.92 Å². The Bertz CT molecular complexity index is 1070. The van der Waals surface area contributed by atoms with Crippen molar-refractivity contribution >= 4 is 22.3 Å². The largest absolute Gasteiger partial charge is 0.493 e. The van der Waals surface area contributed by atoms with Crippen LogP contribution in [0.5, 0.6) is 11.5 Å². The Morgan fingerprint density at radius 2 is 1.90 bits per heavy atom. The lowest BCUT2D eigenvalue weighted by atomic mass is 9.98. The van der Waals surface area contributed by atoms with Gasteiger partial charge in [-0.25, -0.2) is 0 Å². The first-order valence-electron chi connectivity index (χ1n) is 10.6. The van der Waals surface area contributed by atoms with E-state index in [0.717, 1.165) is 60.6 Å². The minimum absolute atomic E-state index is 0.617. The highest BCUT2D eigenvalue weighted by atomic mass is 16.5. The summed E-state index contributed by atoms with van der Waals surface area (Å²) < 4.78 is 11.0. The lowest BCUT2D eigenvalue weighted by Gasteiger charge is -2.41. The number of methoxy groups -OCH3 is 2. The monoisotopic (exact) mass is 404 g/mol. The van der Waals surface area contributed by atoms with Gasteiger partial charge in [0.05, 0.1) is 31.6 Å². The molecule has 6 heteroatoms. The molecule has 2 aromatic heterocycles. The van der Waals surface area contributed by atoms with Gasteiger partial charge in [-0.1, -0.05) is 0 Å². The van der Waals surface area contributed by atoms with Gasteiger partial charge in [-0.2, -0.15) is 0 Å². The van der Waals surface area contributed by atoms with Crippen molar-refractivity contribution in [3.63, 3.8) is 0 Å². The molecule has 3 heterocycles. The zero-order valence-electron chi connectivity index (χ0n) is 17.9. The summed E-state index contributed by atoms with van der Waals surface area (Å²) in [5, 5.41) is 4.90. The summed E-state index contributed by atoms with van der Waals surface area (Å²) in [6, 6.07) is 8.30. The molecular formula is C24H28N4O2. The van der Waals surface area contributed by atoms with Gasteiger partial charge in [0.2, 0.25) is 0 Å². The van der Waals surface area contributed by atoms with Crippen LogP contribution in [0.25, 0.3) is 10.9 Å². The van der Waals surface area contributed by atoms with Gasteiger partial charge < -0.3 is 19.7 Å². The van der Waals surface area contributed by atoms with Gasteiger partial charge in [-0.15, -0.1) is 0 Å². The maximum atomic E-state index is 5.55. The maximum absolute atomic E-state index is 5.55. The van der Waals surface area contributed by atoms with E-state index < -0.39 is 0 Å². The Balaban J connectivity index is 1.37. The van der Waals surface area contributed by atoms with E-state index in [-0.39, 0.29) is 0 Å². The summed E-state index contributed by atoms with van der Waals surface area (Å²) in [6.07, 6.45) is 5.27. The number of hydrogen-bond acceptors (Lipinski definition) is 6. The molecular weight excluding hydrogens is 376 g/mol. The molecule has 2 aliphatic rings. The molecule has 0 bridgehead atoms. The van der Waals surface area contributed by atoms with Crippen LogP contribution in [0.2, 0.25) is 0 Å². The second kappa shape index (κ2) is 7.67. The summed E-state index contributed by atoms with van der Waals surface area (Å²) in [5.74, 6) is 2.09. The minimum atomic E-state index is 0.617. The third-order valence-electron chi connectivity index (χ3n) is 6.30. The number of ether oxygens (including phenoxy) is 2. The zero-order valence-corrected chi connectivity index (χ0v) is 17.9. The SMILES string of the molecule is COc1cc2nc3c(c(NCC4CN(c5ccc(C)nc5)C4)c2cc1OC)CCC3. The molecule has 0 atom stereocenters. The van der Waals surface area contributed by atoms with E-state index in [4.69, 9.17) is 14.5 Å². The number of aryl methyl sites for hydroxylation is 2. The quantitative estimate of drug-likeness (QED) is 0.670. The van der Waals surface area contributed by atoms with Crippen LogP contribution < -0.4 is 19.7 Å². The van der Waals surface area contributed by atoms with Gasteiger partial charge in [0.25, 0.3) is 0 Å². The van der Waals surface area contributed by atoms with Crippen molar-refractivity contribution in [3.05, 3.63) is 47.4 Å². The molecule has 1 aliphatic heterocycles. The molecule has 1 aliphatic carbocycles. The summed E-state index contributed by atoms with van der Waals surface area (Å²) in [7, 11) is 3.35. The van der Waals surface area contributed by atoms with Gasteiger partial charge in [-0.05, 0) is 49.9 Å². The van der Waals surface area contributed by atoms with Crippen molar-refractivity contribution in [3.8, 4) is 11.5 Å².